The van der Waals surface area contributed by atoms with Crippen LogP contribution in [0.3, 0.4) is 0 Å². The first-order valence-corrected chi connectivity index (χ1v) is 6.98. The van der Waals surface area contributed by atoms with E-state index in [0.29, 0.717) is 23.3 Å². The van der Waals surface area contributed by atoms with Crippen molar-refractivity contribution in [2.24, 2.45) is 5.73 Å². The van der Waals surface area contributed by atoms with Gasteiger partial charge in [-0.3, -0.25) is 9.69 Å². The molecule has 1 aliphatic heterocycles. The number of nitrogens with zero attached hydrogens (tertiary/aromatic N) is 1. The lowest BCUT2D eigenvalue weighted by atomic mass is 9.99. The number of para-hydroxylation sites is 1. The van der Waals surface area contributed by atoms with Crippen LogP contribution >= 0.6 is 11.6 Å². The molecule has 4 nitrogen and oxygen atoms in total. The van der Waals surface area contributed by atoms with E-state index in [2.05, 4.69) is 17.1 Å². The smallest absolute Gasteiger partial charge is 0.238 e. The summed E-state index contributed by atoms with van der Waals surface area (Å²) in [5.41, 5.74) is 6.58. The standard InChI is InChI=1S/C14H20ClN3O/c1-10-8-11(16)6-7-18(10)9-14(19)17-13-5-3-2-4-12(13)15/h2-5,10-11H,6-9,16H2,1H3,(H,17,19). The van der Waals surface area contributed by atoms with Crippen molar-refractivity contribution in [2.45, 2.75) is 31.8 Å². The highest BCUT2D eigenvalue weighted by Crippen LogP contribution is 2.21. The molecule has 3 N–H and O–H groups in total. The van der Waals surface area contributed by atoms with Gasteiger partial charge in [0.2, 0.25) is 5.91 Å². The summed E-state index contributed by atoms with van der Waals surface area (Å²) in [7, 11) is 0. The summed E-state index contributed by atoms with van der Waals surface area (Å²) >= 11 is 6.01. The van der Waals surface area contributed by atoms with E-state index in [9.17, 15) is 4.79 Å². The van der Waals surface area contributed by atoms with Gasteiger partial charge in [0.15, 0.2) is 0 Å². The van der Waals surface area contributed by atoms with E-state index >= 15 is 0 Å². The maximum Gasteiger partial charge on any atom is 0.238 e. The molecule has 1 fully saturated rings. The van der Waals surface area contributed by atoms with Crippen LogP contribution in [0.25, 0.3) is 0 Å². The highest BCUT2D eigenvalue weighted by molar-refractivity contribution is 6.33. The van der Waals surface area contributed by atoms with Crippen molar-refractivity contribution in [3.63, 3.8) is 0 Å². The Morgan fingerprint density at radius 3 is 2.95 bits per heavy atom. The zero-order valence-corrected chi connectivity index (χ0v) is 11.9. The van der Waals surface area contributed by atoms with Gasteiger partial charge < -0.3 is 11.1 Å². The minimum Gasteiger partial charge on any atom is -0.328 e. The van der Waals surface area contributed by atoms with Crippen molar-refractivity contribution >= 4 is 23.2 Å². The van der Waals surface area contributed by atoms with E-state index in [1.54, 1.807) is 12.1 Å². The normalized spacial score (nSPS) is 24.2. The van der Waals surface area contributed by atoms with Crippen molar-refractivity contribution in [3.8, 4) is 0 Å². The van der Waals surface area contributed by atoms with E-state index in [1.165, 1.54) is 0 Å². The first-order valence-electron chi connectivity index (χ1n) is 6.60. The lowest BCUT2D eigenvalue weighted by Crippen LogP contribution is -2.48. The molecule has 1 heterocycles. The zero-order chi connectivity index (χ0) is 13.8. The topological polar surface area (TPSA) is 58.4 Å². The number of hydrogen-bond donors (Lipinski definition) is 2. The molecule has 0 saturated carbocycles. The average Bonchev–Trinajstić information content (AvgIpc) is 2.36. The molecule has 1 aromatic carbocycles. The second-order valence-corrected chi connectivity index (χ2v) is 5.54. The van der Waals surface area contributed by atoms with Crippen LogP contribution in [-0.2, 0) is 4.79 Å². The molecule has 0 spiro atoms. The summed E-state index contributed by atoms with van der Waals surface area (Å²) < 4.78 is 0. The molecule has 1 aliphatic rings. The SMILES string of the molecule is CC1CC(N)CCN1CC(=O)Nc1ccccc1Cl. The summed E-state index contributed by atoms with van der Waals surface area (Å²) in [5.74, 6) is -0.0320. The Labute approximate surface area is 118 Å². The fourth-order valence-corrected chi connectivity index (χ4v) is 2.61. The predicted molar refractivity (Wildman–Crippen MR) is 78.3 cm³/mol. The van der Waals surface area contributed by atoms with Gasteiger partial charge in [-0.05, 0) is 31.9 Å². The third kappa shape index (κ3) is 3.93. The molecular formula is C14H20ClN3O. The van der Waals surface area contributed by atoms with Crippen LogP contribution in [0, 0.1) is 0 Å². The largest absolute Gasteiger partial charge is 0.328 e. The van der Waals surface area contributed by atoms with Crippen LogP contribution in [0.2, 0.25) is 5.02 Å². The van der Waals surface area contributed by atoms with Crippen molar-refractivity contribution in [1.29, 1.82) is 0 Å². The maximum absolute atomic E-state index is 12.0. The van der Waals surface area contributed by atoms with E-state index in [0.717, 1.165) is 19.4 Å². The molecule has 1 aromatic rings. The maximum atomic E-state index is 12.0. The monoisotopic (exact) mass is 281 g/mol. The first kappa shape index (κ1) is 14.3. The van der Waals surface area contributed by atoms with Crippen molar-refractivity contribution in [1.82, 2.24) is 4.90 Å². The van der Waals surface area contributed by atoms with Crippen molar-refractivity contribution < 1.29 is 4.79 Å². The number of carbonyl (C=O) groups is 1. The minimum atomic E-state index is -0.0320. The average molecular weight is 282 g/mol. The molecule has 2 rings (SSSR count). The van der Waals surface area contributed by atoms with Crippen molar-refractivity contribution in [2.75, 3.05) is 18.4 Å². The summed E-state index contributed by atoms with van der Waals surface area (Å²) in [4.78, 5) is 14.2. The number of nitrogens with two attached hydrogens (primary N) is 1. The Balaban J connectivity index is 1.90. The van der Waals surface area contributed by atoms with Gasteiger partial charge >= 0.3 is 0 Å². The molecular weight excluding hydrogens is 262 g/mol. The molecule has 5 heteroatoms. The van der Waals surface area contributed by atoms with E-state index in [1.807, 2.05) is 12.1 Å². The van der Waals surface area contributed by atoms with Crippen LogP contribution in [0.15, 0.2) is 24.3 Å². The number of likely N-dealkylation sites (tertiary alicyclic amines) is 1. The predicted octanol–water partition coefficient (Wildman–Crippen LogP) is 2.09. The van der Waals surface area contributed by atoms with Gasteiger partial charge in [0.05, 0.1) is 17.3 Å². The Morgan fingerprint density at radius 1 is 1.53 bits per heavy atom. The first-order chi connectivity index (χ1) is 9.06. The number of benzene rings is 1. The lowest BCUT2D eigenvalue weighted by Gasteiger charge is -2.35. The third-order valence-corrected chi connectivity index (χ3v) is 3.88. The molecule has 0 aromatic heterocycles. The summed E-state index contributed by atoms with van der Waals surface area (Å²) in [6.45, 7) is 3.37. The van der Waals surface area contributed by atoms with Gasteiger partial charge in [0, 0.05) is 18.6 Å². The van der Waals surface area contributed by atoms with Crippen LogP contribution < -0.4 is 11.1 Å². The van der Waals surface area contributed by atoms with Gasteiger partial charge in [-0.15, -0.1) is 0 Å². The van der Waals surface area contributed by atoms with Gasteiger partial charge in [0.1, 0.15) is 0 Å². The molecule has 1 amide bonds. The number of halogens is 1. The number of hydrogen-bond acceptors (Lipinski definition) is 3. The number of carbonyl (C=O) groups excluding carboxylic acids is 1. The Morgan fingerprint density at radius 2 is 2.26 bits per heavy atom. The molecule has 0 radical (unpaired) electrons. The van der Waals surface area contributed by atoms with Gasteiger partial charge in [-0.1, -0.05) is 23.7 Å². The zero-order valence-electron chi connectivity index (χ0n) is 11.1. The summed E-state index contributed by atoms with van der Waals surface area (Å²) in [5, 5.41) is 3.41. The summed E-state index contributed by atoms with van der Waals surface area (Å²) in [6.07, 6.45) is 1.89. The molecule has 1 saturated heterocycles. The highest BCUT2D eigenvalue weighted by atomic mass is 35.5. The fraction of sp³-hybridized carbons (Fsp3) is 0.500. The third-order valence-electron chi connectivity index (χ3n) is 3.55. The van der Waals surface area contributed by atoms with Crippen molar-refractivity contribution in [3.05, 3.63) is 29.3 Å². The molecule has 2 unspecified atom stereocenters. The minimum absolute atomic E-state index is 0.0320. The molecule has 0 aliphatic carbocycles. The lowest BCUT2D eigenvalue weighted by molar-refractivity contribution is -0.118. The molecule has 19 heavy (non-hydrogen) atoms. The molecule has 0 bridgehead atoms. The Bertz CT molecular complexity index is 452. The van der Waals surface area contributed by atoms with E-state index < -0.39 is 0 Å². The fourth-order valence-electron chi connectivity index (χ4n) is 2.43. The van der Waals surface area contributed by atoms with Crippen LogP contribution in [0.5, 0.6) is 0 Å². The second kappa shape index (κ2) is 6.37. The van der Waals surface area contributed by atoms with Gasteiger partial charge in [-0.25, -0.2) is 0 Å². The van der Waals surface area contributed by atoms with E-state index in [-0.39, 0.29) is 11.9 Å². The molecule has 2 atom stereocenters. The quantitative estimate of drug-likeness (QED) is 0.892. The summed E-state index contributed by atoms with van der Waals surface area (Å²) in [6, 6.07) is 7.87. The number of piperidine rings is 1. The number of amides is 1. The molecule has 104 valence electrons. The van der Waals surface area contributed by atoms with Crippen LogP contribution in [0.1, 0.15) is 19.8 Å². The van der Waals surface area contributed by atoms with Crippen LogP contribution in [0.4, 0.5) is 5.69 Å². The number of rotatable bonds is 3. The van der Waals surface area contributed by atoms with Gasteiger partial charge in [-0.2, -0.15) is 0 Å². The Kier molecular flexibility index (Phi) is 4.80. The Hall–Kier alpha value is -1.10. The van der Waals surface area contributed by atoms with E-state index in [4.69, 9.17) is 17.3 Å². The number of nitrogens with one attached hydrogen (secondary N) is 1. The second-order valence-electron chi connectivity index (χ2n) is 5.13. The van der Waals surface area contributed by atoms with Crippen LogP contribution in [-0.4, -0.2) is 36.0 Å². The van der Waals surface area contributed by atoms with Gasteiger partial charge in [0.25, 0.3) is 0 Å². The highest BCUT2D eigenvalue weighted by Gasteiger charge is 2.24. The number of anilines is 1.